The molecule has 1 aromatic heterocycles. The Kier molecular flexibility index (Phi) is 5.64. The highest BCUT2D eigenvalue weighted by molar-refractivity contribution is 7.99. The van der Waals surface area contributed by atoms with Crippen molar-refractivity contribution in [3.63, 3.8) is 0 Å². The highest BCUT2D eigenvalue weighted by Crippen LogP contribution is 2.15. The predicted octanol–water partition coefficient (Wildman–Crippen LogP) is 2.57. The Morgan fingerprint density at radius 1 is 1.58 bits per heavy atom. The smallest absolute Gasteiger partial charge is 0.407 e. The molecule has 1 rings (SSSR count). The van der Waals surface area contributed by atoms with Crippen molar-refractivity contribution in [1.29, 1.82) is 5.26 Å². The number of rotatable bonds is 4. The maximum atomic E-state index is 11.4. The maximum Gasteiger partial charge on any atom is 0.407 e. The summed E-state index contributed by atoms with van der Waals surface area (Å²) in [6, 6.07) is 5.43. The number of carbonyl (C=O) groups is 1. The van der Waals surface area contributed by atoms with E-state index in [1.165, 1.54) is 11.8 Å². The number of aromatic nitrogens is 1. The quantitative estimate of drug-likeness (QED) is 0.677. The van der Waals surface area contributed by atoms with Gasteiger partial charge in [0.15, 0.2) is 0 Å². The third kappa shape index (κ3) is 6.67. The molecule has 0 saturated carbocycles. The van der Waals surface area contributed by atoms with Crippen LogP contribution in [0.4, 0.5) is 4.79 Å². The molecule has 1 aromatic rings. The number of nitrogens with zero attached hydrogens (tertiary/aromatic N) is 2. The van der Waals surface area contributed by atoms with Crippen LogP contribution < -0.4 is 5.32 Å². The summed E-state index contributed by atoms with van der Waals surface area (Å²) in [6.07, 6.45) is 1.18. The molecule has 0 spiro atoms. The first-order valence-electron chi connectivity index (χ1n) is 5.86. The van der Waals surface area contributed by atoms with E-state index in [0.29, 0.717) is 17.9 Å². The fourth-order valence-electron chi connectivity index (χ4n) is 1.18. The number of hydrogen-bond donors (Lipinski definition) is 1. The van der Waals surface area contributed by atoms with Crippen LogP contribution in [0.5, 0.6) is 0 Å². The minimum Gasteiger partial charge on any atom is -0.444 e. The summed E-state index contributed by atoms with van der Waals surface area (Å²) in [5.41, 5.74) is 0.0949. The van der Waals surface area contributed by atoms with Gasteiger partial charge in [0, 0.05) is 18.5 Å². The van der Waals surface area contributed by atoms with Crippen molar-refractivity contribution in [2.75, 3.05) is 12.3 Å². The summed E-state index contributed by atoms with van der Waals surface area (Å²) in [6.45, 7) is 5.94. The third-order valence-corrected chi connectivity index (χ3v) is 2.81. The van der Waals surface area contributed by atoms with Crippen LogP contribution in [0.3, 0.4) is 0 Å². The van der Waals surface area contributed by atoms with E-state index < -0.39 is 11.7 Å². The SMILES string of the molecule is CC(C)(C)OC(=O)NCCSc1cc(C#N)ccn1. The van der Waals surface area contributed by atoms with E-state index >= 15 is 0 Å². The molecule has 19 heavy (non-hydrogen) atoms. The van der Waals surface area contributed by atoms with E-state index in [1.54, 1.807) is 18.3 Å². The van der Waals surface area contributed by atoms with E-state index in [4.69, 9.17) is 10.00 Å². The second kappa shape index (κ2) is 7.00. The number of nitrogens with one attached hydrogen (secondary N) is 1. The van der Waals surface area contributed by atoms with Crippen molar-refractivity contribution in [3.8, 4) is 6.07 Å². The molecule has 5 nitrogen and oxygen atoms in total. The minimum absolute atomic E-state index is 0.424. The number of amides is 1. The Labute approximate surface area is 117 Å². The van der Waals surface area contributed by atoms with Gasteiger partial charge in [-0.2, -0.15) is 5.26 Å². The standard InChI is InChI=1S/C13H17N3O2S/c1-13(2,3)18-12(17)16-6-7-19-11-8-10(9-14)4-5-15-11/h4-5,8H,6-7H2,1-3H3,(H,16,17). The Hall–Kier alpha value is -1.74. The summed E-state index contributed by atoms with van der Waals surface area (Å²) >= 11 is 1.48. The highest BCUT2D eigenvalue weighted by atomic mass is 32.2. The summed E-state index contributed by atoms with van der Waals surface area (Å²) in [5.74, 6) is 0.668. The van der Waals surface area contributed by atoms with E-state index in [0.717, 1.165) is 5.03 Å². The van der Waals surface area contributed by atoms with Crippen LogP contribution >= 0.6 is 11.8 Å². The fourth-order valence-corrected chi connectivity index (χ4v) is 1.94. The monoisotopic (exact) mass is 279 g/mol. The molecular formula is C13H17N3O2S. The molecule has 0 aromatic carbocycles. The predicted molar refractivity (Wildman–Crippen MR) is 73.9 cm³/mol. The molecule has 0 saturated heterocycles. The van der Waals surface area contributed by atoms with Crippen LogP contribution in [0.1, 0.15) is 26.3 Å². The second-order valence-corrected chi connectivity index (χ2v) is 5.89. The van der Waals surface area contributed by atoms with Gasteiger partial charge in [-0.25, -0.2) is 9.78 Å². The molecule has 0 radical (unpaired) electrons. The molecule has 0 aliphatic heterocycles. The molecule has 1 amide bonds. The van der Waals surface area contributed by atoms with E-state index in [-0.39, 0.29) is 0 Å². The molecular weight excluding hydrogens is 262 g/mol. The summed E-state index contributed by atoms with van der Waals surface area (Å²) in [5, 5.41) is 12.2. The fraction of sp³-hybridized carbons (Fsp3) is 0.462. The van der Waals surface area contributed by atoms with Gasteiger partial charge in [0.25, 0.3) is 0 Å². The lowest BCUT2D eigenvalue weighted by Crippen LogP contribution is -2.33. The zero-order chi connectivity index (χ0) is 14.3. The largest absolute Gasteiger partial charge is 0.444 e. The number of thioether (sulfide) groups is 1. The molecule has 0 aliphatic rings. The number of carbonyl (C=O) groups excluding carboxylic acids is 1. The van der Waals surface area contributed by atoms with Crippen LogP contribution in [0.25, 0.3) is 0 Å². The zero-order valence-corrected chi connectivity index (χ0v) is 12.1. The molecule has 6 heteroatoms. The van der Waals surface area contributed by atoms with E-state index in [2.05, 4.69) is 16.4 Å². The Morgan fingerprint density at radius 3 is 2.95 bits per heavy atom. The first kappa shape index (κ1) is 15.3. The van der Waals surface area contributed by atoms with Crippen molar-refractivity contribution in [3.05, 3.63) is 23.9 Å². The lowest BCUT2D eigenvalue weighted by molar-refractivity contribution is 0.0531. The van der Waals surface area contributed by atoms with Crippen LogP contribution in [0.15, 0.2) is 23.4 Å². The topological polar surface area (TPSA) is 75.0 Å². The number of nitriles is 1. The van der Waals surface area contributed by atoms with E-state index in [9.17, 15) is 4.79 Å². The number of alkyl carbamates (subject to hydrolysis) is 1. The van der Waals surface area contributed by atoms with Crippen molar-refractivity contribution >= 4 is 17.9 Å². The maximum absolute atomic E-state index is 11.4. The minimum atomic E-state index is -0.486. The van der Waals surface area contributed by atoms with Gasteiger partial charge in [0.2, 0.25) is 0 Å². The van der Waals surface area contributed by atoms with Gasteiger partial charge in [-0.15, -0.1) is 11.8 Å². The van der Waals surface area contributed by atoms with Gasteiger partial charge in [0.05, 0.1) is 16.7 Å². The van der Waals surface area contributed by atoms with E-state index in [1.807, 2.05) is 20.8 Å². The van der Waals surface area contributed by atoms with Crippen LogP contribution in [0.2, 0.25) is 0 Å². The number of ether oxygens (including phenoxy) is 1. The summed E-state index contributed by atoms with van der Waals surface area (Å²) in [7, 11) is 0. The highest BCUT2D eigenvalue weighted by Gasteiger charge is 2.15. The molecule has 1 heterocycles. The summed E-state index contributed by atoms with van der Waals surface area (Å²) < 4.78 is 5.11. The zero-order valence-electron chi connectivity index (χ0n) is 11.3. The molecule has 0 unspecified atom stereocenters. The van der Waals surface area contributed by atoms with Crippen molar-refractivity contribution in [2.45, 2.75) is 31.4 Å². The lowest BCUT2D eigenvalue weighted by Gasteiger charge is -2.19. The average Bonchev–Trinajstić information content (AvgIpc) is 2.33. The van der Waals surface area contributed by atoms with Crippen LogP contribution in [0, 0.1) is 11.3 Å². The van der Waals surface area contributed by atoms with Gasteiger partial charge in [-0.1, -0.05) is 0 Å². The molecule has 0 bridgehead atoms. The Morgan fingerprint density at radius 2 is 2.32 bits per heavy atom. The lowest BCUT2D eigenvalue weighted by atomic mass is 10.2. The normalized spacial score (nSPS) is 10.6. The van der Waals surface area contributed by atoms with Crippen molar-refractivity contribution < 1.29 is 9.53 Å². The van der Waals surface area contributed by atoms with Crippen LogP contribution in [-0.4, -0.2) is 29.0 Å². The average molecular weight is 279 g/mol. The van der Waals surface area contributed by atoms with Crippen LogP contribution in [-0.2, 0) is 4.74 Å². The van der Waals surface area contributed by atoms with Gasteiger partial charge >= 0.3 is 6.09 Å². The van der Waals surface area contributed by atoms with Crippen molar-refractivity contribution in [2.24, 2.45) is 0 Å². The van der Waals surface area contributed by atoms with Gasteiger partial charge in [-0.05, 0) is 32.9 Å². The molecule has 1 N–H and O–H groups in total. The Bertz CT molecular complexity index is 478. The van der Waals surface area contributed by atoms with Crippen molar-refractivity contribution in [1.82, 2.24) is 10.3 Å². The second-order valence-electron chi connectivity index (χ2n) is 4.77. The number of hydrogen-bond acceptors (Lipinski definition) is 5. The molecule has 102 valence electrons. The summed E-state index contributed by atoms with van der Waals surface area (Å²) in [4.78, 5) is 15.5. The third-order valence-electron chi connectivity index (χ3n) is 1.88. The molecule has 0 aliphatic carbocycles. The van der Waals surface area contributed by atoms with Gasteiger partial charge < -0.3 is 10.1 Å². The Balaban J connectivity index is 2.28. The van der Waals surface area contributed by atoms with Gasteiger partial charge in [0.1, 0.15) is 5.60 Å². The van der Waals surface area contributed by atoms with Gasteiger partial charge in [-0.3, -0.25) is 0 Å². The first-order chi connectivity index (χ1) is 8.90. The molecule has 0 fully saturated rings. The first-order valence-corrected chi connectivity index (χ1v) is 6.85. The molecule has 0 atom stereocenters. The number of pyridine rings is 1.